The molecule has 0 N–H and O–H groups in total. The predicted octanol–water partition coefficient (Wildman–Crippen LogP) is 2.54. The minimum Gasteiger partial charge on any atom is -0.356 e. The van der Waals surface area contributed by atoms with Gasteiger partial charge in [-0.25, -0.2) is 0 Å². The lowest BCUT2D eigenvalue weighted by Crippen LogP contribution is -1.89. The van der Waals surface area contributed by atoms with Crippen LogP contribution < -0.4 is 0 Å². The van der Waals surface area contributed by atoms with E-state index >= 15 is 0 Å². The first-order valence-electron chi connectivity index (χ1n) is 4.30. The van der Waals surface area contributed by atoms with E-state index < -0.39 is 0 Å². The number of hydrogen-bond donors (Lipinski definition) is 0. The Morgan fingerprint density at radius 2 is 2.00 bits per heavy atom. The number of aromatic nitrogens is 1. The van der Waals surface area contributed by atoms with E-state index in [0.29, 0.717) is 11.5 Å². The predicted molar refractivity (Wildman–Crippen MR) is 51.9 cm³/mol. The molecule has 0 bridgehead atoms. The van der Waals surface area contributed by atoms with E-state index in [1.165, 1.54) is 6.92 Å². The number of nitrogens with zero attached hydrogens (tertiary/aromatic N) is 1. The molecule has 0 aliphatic rings. The average molecular weight is 187 g/mol. The summed E-state index contributed by atoms with van der Waals surface area (Å²) in [5.41, 5.74) is 1.29. The maximum atomic E-state index is 11.0. The van der Waals surface area contributed by atoms with Gasteiger partial charge in [0.2, 0.25) is 0 Å². The summed E-state index contributed by atoms with van der Waals surface area (Å²) in [6.07, 6.45) is 0. The monoisotopic (exact) mass is 187 g/mol. The Kier molecular flexibility index (Phi) is 2.14. The van der Waals surface area contributed by atoms with Crippen molar-refractivity contribution >= 4 is 5.78 Å². The Hall–Kier alpha value is -1.90. The van der Waals surface area contributed by atoms with Gasteiger partial charge in [-0.05, 0) is 0 Å². The van der Waals surface area contributed by atoms with Crippen LogP contribution in [0.3, 0.4) is 0 Å². The molecular formula is C11H9NO2. The number of rotatable bonds is 2. The molecule has 3 heteroatoms. The van der Waals surface area contributed by atoms with Gasteiger partial charge in [-0.1, -0.05) is 35.5 Å². The third-order valence-corrected chi connectivity index (χ3v) is 1.93. The molecular weight excluding hydrogens is 178 g/mol. The van der Waals surface area contributed by atoms with Crippen molar-refractivity contribution in [3.8, 4) is 11.3 Å². The van der Waals surface area contributed by atoms with Gasteiger partial charge in [-0.3, -0.25) is 4.79 Å². The van der Waals surface area contributed by atoms with Crippen LogP contribution in [-0.4, -0.2) is 10.9 Å². The summed E-state index contributed by atoms with van der Waals surface area (Å²) in [7, 11) is 0. The van der Waals surface area contributed by atoms with Crippen molar-refractivity contribution in [1.29, 1.82) is 0 Å². The van der Waals surface area contributed by atoms with Crippen LogP contribution >= 0.6 is 0 Å². The number of hydrogen-bond acceptors (Lipinski definition) is 3. The van der Waals surface area contributed by atoms with Crippen molar-refractivity contribution < 1.29 is 9.32 Å². The third-order valence-electron chi connectivity index (χ3n) is 1.93. The zero-order valence-corrected chi connectivity index (χ0v) is 7.73. The number of benzene rings is 1. The molecule has 1 aromatic heterocycles. The molecule has 0 amide bonds. The Morgan fingerprint density at radius 1 is 1.29 bits per heavy atom. The number of carbonyl (C=O) groups excluding carboxylic acids is 1. The number of ketones is 1. The molecule has 2 rings (SSSR count). The van der Waals surface area contributed by atoms with E-state index in [9.17, 15) is 4.79 Å². The Balaban J connectivity index is 2.39. The molecule has 0 spiro atoms. The Morgan fingerprint density at radius 3 is 2.57 bits per heavy atom. The molecule has 1 aromatic carbocycles. The highest BCUT2D eigenvalue weighted by molar-refractivity contribution is 5.92. The van der Waals surface area contributed by atoms with E-state index in [0.717, 1.165) is 5.56 Å². The second-order valence-electron chi connectivity index (χ2n) is 3.00. The standard InChI is InChI=1S/C11H9NO2/c1-8(13)10-7-11(14-12-10)9-5-3-2-4-6-9/h2-7H,1H3. The number of Topliss-reactive ketones (excluding diaryl/α,β-unsaturated/α-hetero) is 1. The molecule has 3 nitrogen and oxygen atoms in total. The summed E-state index contributed by atoms with van der Waals surface area (Å²) >= 11 is 0. The fraction of sp³-hybridized carbons (Fsp3) is 0.0909. The van der Waals surface area contributed by atoms with Gasteiger partial charge >= 0.3 is 0 Å². The maximum absolute atomic E-state index is 11.0. The van der Waals surface area contributed by atoms with Gasteiger partial charge in [0.05, 0.1) is 0 Å². The van der Waals surface area contributed by atoms with Crippen molar-refractivity contribution in [2.24, 2.45) is 0 Å². The van der Waals surface area contributed by atoms with Crippen molar-refractivity contribution in [3.63, 3.8) is 0 Å². The van der Waals surface area contributed by atoms with Gasteiger partial charge in [0.1, 0.15) is 5.69 Å². The molecule has 0 radical (unpaired) electrons. The van der Waals surface area contributed by atoms with Crippen molar-refractivity contribution in [1.82, 2.24) is 5.16 Å². The first-order chi connectivity index (χ1) is 6.77. The van der Waals surface area contributed by atoms with Gasteiger partial charge < -0.3 is 4.52 Å². The average Bonchev–Trinajstić information content (AvgIpc) is 2.68. The van der Waals surface area contributed by atoms with Crippen LogP contribution in [0.4, 0.5) is 0 Å². The van der Waals surface area contributed by atoms with Crippen molar-refractivity contribution in [2.45, 2.75) is 6.92 Å². The van der Waals surface area contributed by atoms with Crippen molar-refractivity contribution in [3.05, 3.63) is 42.1 Å². The first-order valence-corrected chi connectivity index (χ1v) is 4.30. The van der Waals surface area contributed by atoms with Gasteiger partial charge in [-0.2, -0.15) is 0 Å². The molecule has 0 saturated carbocycles. The first kappa shape index (κ1) is 8.69. The zero-order valence-electron chi connectivity index (χ0n) is 7.73. The molecule has 1 heterocycles. The maximum Gasteiger partial charge on any atom is 0.181 e. The molecule has 14 heavy (non-hydrogen) atoms. The summed E-state index contributed by atoms with van der Waals surface area (Å²) < 4.78 is 5.04. The van der Waals surface area contributed by atoms with Gasteiger partial charge in [-0.15, -0.1) is 0 Å². The molecule has 0 aliphatic heterocycles. The highest BCUT2D eigenvalue weighted by atomic mass is 16.5. The van der Waals surface area contributed by atoms with Crippen molar-refractivity contribution in [2.75, 3.05) is 0 Å². The van der Waals surface area contributed by atoms with Crippen LogP contribution in [0.15, 0.2) is 40.9 Å². The summed E-state index contributed by atoms with van der Waals surface area (Å²) in [4.78, 5) is 11.0. The van der Waals surface area contributed by atoms with E-state index in [1.807, 2.05) is 30.3 Å². The lowest BCUT2D eigenvalue weighted by molar-refractivity contribution is 0.100. The number of carbonyl (C=O) groups is 1. The summed E-state index contributed by atoms with van der Waals surface area (Å²) in [6.45, 7) is 1.46. The lowest BCUT2D eigenvalue weighted by Gasteiger charge is -1.91. The van der Waals surface area contributed by atoms with Gasteiger partial charge in [0.15, 0.2) is 11.5 Å². The van der Waals surface area contributed by atoms with E-state index in [-0.39, 0.29) is 5.78 Å². The normalized spacial score (nSPS) is 10.1. The van der Waals surface area contributed by atoms with Gasteiger partial charge in [0, 0.05) is 18.6 Å². The highest BCUT2D eigenvalue weighted by Gasteiger charge is 2.08. The molecule has 0 unspecified atom stereocenters. The quantitative estimate of drug-likeness (QED) is 0.678. The van der Waals surface area contributed by atoms with Crippen LogP contribution in [0.1, 0.15) is 17.4 Å². The molecule has 70 valence electrons. The summed E-state index contributed by atoms with van der Waals surface area (Å²) in [5.74, 6) is 0.534. The summed E-state index contributed by atoms with van der Waals surface area (Å²) in [6, 6.07) is 11.2. The lowest BCUT2D eigenvalue weighted by atomic mass is 10.1. The van der Waals surface area contributed by atoms with E-state index in [2.05, 4.69) is 5.16 Å². The van der Waals surface area contributed by atoms with E-state index in [4.69, 9.17) is 4.52 Å². The molecule has 2 aromatic rings. The largest absolute Gasteiger partial charge is 0.356 e. The van der Waals surface area contributed by atoms with Crippen LogP contribution in [0.25, 0.3) is 11.3 Å². The minimum absolute atomic E-state index is 0.0871. The SMILES string of the molecule is CC(=O)c1cc(-c2ccccc2)on1. The van der Waals surface area contributed by atoms with Crippen LogP contribution in [0.5, 0.6) is 0 Å². The summed E-state index contributed by atoms with van der Waals surface area (Å²) in [5, 5.41) is 3.67. The van der Waals surface area contributed by atoms with Gasteiger partial charge in [0.25, 0.3) is 0 Å². The Labute approximate surface area is 81.3 Å². The fourth-order valence-electron chi connectivity index (χ4n) is 1.18. The van der Waals surface area contributed by atoms with Crippen LogP contribution in [0.2, 0.25) is 0 Å². The van der Waals surface area contributed by atoms with Crippen LogP contribution in [-0.2, 0) is 0 Å². The molecule has 0 aliphatic carbocycles. The second kappa shape index (κ2) is 3.46. The Bertz CT molecular complexity index is 445. The molecule has 0 fully saturated rings. The minimum atomic E-state index is -0.0871. The molecule has 0 saturated heterocycles. The van der Waals surface area contributed by atoms with Crippen LogP contribution in [0, 0.1) is 0 Å². The fourth-order valence-corrected chi connectivity index (χ4v) is 1.18. The second-order valence-corrected chi connectivity index (χ2v) is 3.00. The highest BCUT2D eigenvalue weighted by Crippen LogP contribution is 2.19. The zero-order chi connectivity index (χ0) is 9.97. The van der Waals surface area contributed by atoms with E-state index in [1.54, 1.807) is 6.07 Å². The third kappa shape index (κ3) is 1.57. The topological polar surface area (TPSA) is 43.1 Å². The smallest absolute Gasteiger partial charge is 0.181 e. The molecule has 0 atom stereocenters.